The van der Waals surface area contributed by atoms with Crippen LogP contribution in [0.15, 0.2) is 54.1 Å². The summed E-state index contributed by atoms with van der Waals surface area (Å²) in [6, 6.07) is 14.4. The Morgan fingerprint density at radius 1 is 0.964 bits per heavy atom. The number of hydrogen-bond donors (Lipinski definition) is 1. The molecule has 1 atom stereocenters. The van der Waals surface area contributed by atoms with Crippen LogP contribution in [0.2, 0.25) is 0 Å². The molecule has 3 rings (SSSR count). The average molecular weight is 378 g/mol. The van der Waals surface area contributed by atoms with Crippen LogP contribution in [-0.2, 0) is 9.59 Å². The van der Waals surface area contributed by atoms with Crippen LogP contribution >= 0.6 is 0 Å². The highest BCUT2D eigenvalue weighted by Gasteiger charge is 2.45. The molecular formula is C23H26N2O3. The van der Waals surface area contributed by atoms with Crippen molar-refractivity contribution in [2.75, 3.05) is 27.2 Å². The number of benzene rings is 2. The number of likely N-dealkylation sites (tertiary alicyclic amines) is 1. The minimum absolute atomic E-state index is 0.128. The van der Waals surface area contributed by atoms with Crippen molar-refractivity contribution in [2.45, 2.75) is 19.9 Å². The summed E-state index contributed by atoms with van der Waals surface area (Å²) < 4.78 is 0. The minimum Gasteiger partial charge on any atom is -0.507 e. The first-order chi connectivity index (χ1) is 13.3. The van der Waals surface area contributed by atoms with Gasteiger partial charge in [-0.25, -0.2) is 0 Å². The van der Waals surface area contributed by atoms with Crippen molar-refractivity contribution in [1.82, 2.24) is 9.80 Å². The number of likely N-dealkylation sites (N-methyl/N-ethyl adjacent to an activating group) is 1. The van der Waals surface area contributed by atoms with Gasteiger partial charge in [0.2, 0.25) is 0 Å². The minimum atomic E-state index is -0.637. The number of ketones is 1. The number of carbonyl (C=O) groups excluding carboxylic acids is 2. The number of amides is 1. The zero-order chi connectivity index (χ0) is 20.4. The Hall–Kier alpha value is -2.92. The number of aliphatic hydroxyl groups excluding tert-OH is 1. The molecule has 1 amide bonds. The van der Waals surface area contributed by atoms with Crippen LogP contribution in [0.1, 0.15) is 28.3 Å². The molecule has 1 heterocycles. The summed E-state index contributed by atoms with van der Waals surface area (Å²) in [6.45, 7) is 4.97. The topological polar surface area (TPSA) is 60.9 Å². The lowest BCUT2D eigenvalue weighted by Gasteiger charge is -2.26. The van der Waals surface area contributed by atoms with E-state index in [0.717, 1.165) is 16.7 Å². The number of rotatable bonds is 5. The molecule has 1 aliphatic rings. The fraction of sp³-hybridized carbons (Fsp3) is 0.304. The molecular weight excluding hydrogens is 352 g/mol. The third-order valence-electron chi connectivity index (χ3n) is 5.05. The van der Waals surface area contributed by atoms with E-state index in [-0.39, 0.29) is 11.3 Å². The van der Waals surface area contributed by atoms with E-state index in [1.54, 1.807) is 17.0 Å². The van der Waals surface area contributed by atoms with E-state index in [1.807, 2.05) is 69.2 Å². The lowest BCUT2D eigenvalue weighted by Crippen LogP contribution is -2.35. The van der Waals surface area contributed by atoms with Gasteiger partial charge in [0.05, 0.1) is 11.6 Å². The van der Waals surface area contributed by atoms with Gasteiger partial charge < -0.3 is 14.9 Å². The molecule has 0 spiro atoms. The molecule has 146 valence electrons. The quantitative estimate of drug-likeness (QED) is 0.493. The van der Waals surface area contributed by atoms with E-state index in [2.05, 4.69) is 0 Å². The highest BCUT2D eigenvalue weighted by molar-refractivity contribution is 6.46. The monoisotopic (exact) mass is 378 g/mol. The van der Waals surface area contributed by atoms with Gasteiger partial charge in [-0.05, 0) is 33.5 Å². The zero-order valence-corrected chi connectivity index (χ0v) is 16.8. The van der Waals surface area contributed by atoms with Crippen LogP contribution in [-0.4, -0.2) is 53.8 Å². The van der Waals surface area contributed by atoms with Gasteiger partial charge in [-0.2, -0.15) is 0 Å². The van der Waals surface area contributed by atoms with E-state index in [4.69, 9.17) is 0 Å². The van der Waals surface area contributed by atoms with Crippen molar-refractivity contribution in [3.63, 3.8) is 0 Å². The van der Waals surface area contributed by atoms with Gasteiger partial charge in [0.1, 0.15) is 5.76 Å². The second kappa shape index (κ2) is 7.98. The fourth-order valence-corrected chi connectivity index (χ4v) is 3.38. The molecule has 2 aromatic carbocycles. The summed E-state index contributed by atoms with van der Waals surface area (Å²) in [5, 5.41) is 11.0. The molecule has 5 heteroatoms. The molecule has 0 aliphatic carbocycles. The number of hydrogen-bond acceptors (Lipinski definition) is 4. The van der Waals surface area contributed by atoms with Crippen LogP contribution < -0.4 is 0 Å². The van der Waals surface area contributed by atoms with Crippen molar-refractivity contribution in [3.05, 3.63) is 76.4 Å². The van der Waals surface area contributed by atoms with Crippen LogP contribution in [0, 0.1) is 13.8 Å². The summed E-state index contributed by atoms with van der Waals surface area (Å²) in [7, 11) is 3.84. The molecule has 0 radical (unpaired) electrons. The molecule has 1 fully saturated rings. The molecule has 0 saturated carbocycles. The Morgan fingerprint density at radius 2 is 1.50 bits per heavy atom. The second-order valence-corrected chi connectivity index (χ2v) is 7.57. The third-order valence-corrected chi connectivity index (χ3v) is 5.05. The van der Waals surface area contributed by atoms with Crippen molar-refractivity contribution in [1.29, 1.82) is 0 Å². The summed E-state index contributed by atoms with van der Waals surface area (Å²) in [5.74, 6) is -1.33. The third kappa shape index (κ3) is 3.85. The van der Waals surface area contributed by atoms with E-state index < -0.39 is 17.7 Å². The Balaban J connectivity index is 2.13. The van der Waals surface area contributed by atoms with Crippen molar-refractivity contribution >= 4 is 17.4 Å². The predicted octanol–water partition coefficient (Wildman–Crippen LogP) is 3.29. The zero-order valence-electron chi connectivity index (χ0n) is 16.8. The fourth-order valence-electron chi connectivity index (χ4n) is 3.38. The van der Waals surface area contributed by atoms with Gasteiger partial charge in [-0.1, -0.05) is 59.7 Å². The maximum Gasteiger partial charge on any atom is 0.295 e. The van der Waals surface area contributed by atoms with Gasteiger partial charge in [0.15, 0.2) is 0 Å². The van der Waals surface area contributed by atoms with Crippen molar-refractivity contribution < 1.29 is 14.7 Å². The molecule has 0 bridgehead atoms. The van der Waals surface area contributed by atoms with Gasteiger partial charge in [0, 0.05) is 18.7 Å². The summed E-state index contributed by atoms with van der Waals surface area (Å²) in [5.41, 5.74) is 3.65. The highest BCUT2D eigenvalue weighted by Crippen LogP contribution is 2.39. The molecule has 1 aliphatic heterocycles. The Bertz CT molecular complexity index is 912. The number of carbonyl (C=O) groups is 2. The normalized spacial score (nSPS) is 18.9. The second-order valence-electron chi connectivity index (χ2n) is 7.57. The first kappa shape index (κ1) is 19.8. The van der Waals surface area contributed by atoms with Gasteiger partial charge in [0.25, 0.3) is 11.7 Å². The molecule has 2 aromatic rings. The Labute approximate surface area is 165 Å². The SMILES string of the molecule is Cc1ccc(/C(O)=C2\C(=O)C(=O)N(CCN(C)C)C2c2ccc(C)cc2)cc1. The standard InChI is InChI=1S/C23H26N2O3/c1-15-5-9-17(10-6-15)20-19(21(26)18-11-7-16(2)8-12-18)22(27)23(28)25(20)14-13-24(3)4/h5-12,20,26H,13-14H2,1-4H3/b21-19+. The summed E-state index contributed by atoms with van der Waals surface area (Å²) in [4.78, 5) is 29.2. The summed E-state index contributed by atoms with van der Waals surface area (Å²) >= 11 is 0. The largest absolute Gasteiger partial charge is 0.507 e. The van der Waals surface area contributed by atoms with Crippen LogP contribution in [0.25, 0.3) is 5.76 Å². The van der Waals surface area contributed by atoms with E-state index in [0.29, 0.717) is 18.7 Å². The molecule has 0 aromatic heterocycles. The maximum atomic E-state index is 12.9. The van der Waals surface area contributed by atoms with Gasteiger partial charge >= 0.3 is 0 Å². The number of nitrogens with zero attached hydrogens (tertiary/aromatic N) is 2. The first-order valence-electron chi connectivity index (χ1n) is 9.36. The Kier molecular flexibility index (Phi) is 5.66. The van der Waals surface area contributed by atoms with Crippen LogP contribution in [0.5, 0.6) is 0 Å². The lowest BCUT2D eigenvalue weighted by atomic mass is 9.94. The van der Waals surface area contributed by atoms with E-state index in [9.17, 15) is 14.7 Å². The smallest absolute Gasteiger partial charge is 0.295 e. The van der Waals surface area contributed by atoms with Gasteiger partial charge in [-0.15, -0.1) is 0 Å². The molecule has 1 saturated heterocycles. The average Bonchev–Trinajstić information content (AvgIpc) is 2.91. The van der Waals surface area contributed by atoms with E-state index >= 15 is 0 Å². The summed E-state index contributed by atoms with van der Waals surface area (Å²) in [6.07, 6.45) is 0. The predicted molar refractivity (Wildman–Crippen MR) is 110 cm³/mol. The number of aliphatic hydroxyl groups is 1. The lowest BCUT2D eigenvalue weighted by molar-refractivity contribution is -0.140. The first-order valence-corrected chi connectivity index (χ1v) is 9.36. The molecule has 1 N–H and O–H groups in total. The van der Waals surface area contributed by atoms with Crippen molar-refractivity contribution in [3.8, 4) is 0 Å². The maximum absolute atomic E-state index is 12.9. The molecule has 5 nitrogen and oxygen atoms in total. The van der Waals surface area contributed by atoms with Crippen molar-refractivity contribution in [2.24, 2.45) is 0 Å². The highest BCUT2D eigenvalue weighted by atomic mass is 16.3. The molecule has 28 heavy (non-hydrogen) atoms. The Morgan fingerprint density at radius 3 is 2.04 bits per heavy atom. The number of aryl methyl sites for hydroxylation is 2. The van der Waals surface area contributed by atoms with Crippen LogP contribution in [0.3, 0.4) is 0 Å². The number of Topliss-reactive ketones (excluding diaryl/α,β-unsaturated/α-hetero) is 1. The molecule has 1 unspecified atom stereocenters. The van der Waals surface area contributed by atoms with E-state index in [1.165, 1.54) is 0 Å². The van der Waals surface area contributed by atoms with Gasteiger partial charge in [-0.3, -0.25) is 9.59 Å². The van der Waals surface area contributed by atoms with Crippen LogP contribution in [0.4, 0.5) is 0 Å².